The van der Waals surface area contributed by atoms with E-state index in [1.54, 1.807) is 0 Å². The lowest BCUT2D eigenvalue weighted by Crippen LogP contribution is -2.41. The quantitative estimate of drug-likeness (QED) is 0.856. The highest BCUT2D eigenvalue weighted by atomic mass is 32.2. The van der Waals surface area contributed by atoms with Crippen LogP contribution in [0.2, 0.25) is 0 Å². The maximum atomic E-state index is 12.1. The van der Waals surface area contributed by atoms with Gasteiger partial charge in [-0.05, 0) is 25.2 Å². The lowest BCUT2D eigenvalue weighted by molar-refractivity contribution is -0.145. The van der Waals surface area contributed by atoms with Gasteiger partial charge in [0.1, 0.15) is 0 Å². The average molecular weight is 299 g/mol. The van der Waals surface area contributed by atoms with E-state index in [9.17, 15) is 14.4 Å². The van der Waals surface area contributed by atoms with E-state index in [2.05, 4.69) is 0 Å². The van der Waals surface area contributed by atoms with Crippen LogP contribution in [0.25, 0.3) is 0 Å². The van der Waals surface area contributed by atoms with Gasteiger partial charge in [0, 0.05) is 31.7 Å². The van der Waals surface area contributed by atoms with Gasteiger partial charge in [0.2, 0.25) is 5.91 Å². The Kier molecular flexibility index (Phi) is 5.07. The summed E-state index contributed by atoms with van der Waals surface area (Å²) in [7, 11) is 0. The first-order valence-electron chi connectivity index (χ1n) is 7.13. The number of nitrogens with zero attached hydrogens (tertiary/aromatic N) is 1. The van der Waals surface area contributed by atoms with E-state index < -0.39 is 5.97 Å². The van der Waals surface area contributed by atoms with Crippen molar-refractivity contribution in [2.24, 2.45) is 11.8 Å². The topological polar surface area (TPSA) is 74.7 Å². The molecule has 1 aliphatic heterocycles. The molecule has 2 fully saturated rings. The minimum atomic E-state index is -0.745. The monoisotopic (exact) mass is 299 g/mol. The zero-order valence-electron chi connectivity index (χ0n) is 11.7. The molecule has 0 aromatic heterocycles. The Bertz CT molecular complexity index is 412. The van der Waals surface area contributed by atoms with E-state index in [1.165, 1.54) is 18.7 Å². The highest BCUT2D eigenvalue weighted by Crippen LogP contribution is 2.32. The number of carboxylic acid groups (broad SMARTS) is 1. The largest absolute Gasteiger partial charge is 0.481 e. The summed E-state index contributed by atoms with van der Waals surface area (Å²) < 4.78 is 0. The fraction of sp³-hybridized carbons (Fsp3) is 0.786. The molecule has 0 aromatic rings. The second kappa shape index (κ2) is 6.61. The number of hydrogen-bond acceptors (Lipinski definition) is 4. The molecule has 5 nitrogen and oxygen atoms in total. The summed E-state index contributed by atoms with van der Waals surface area (Å²) in [5, 5.41) is 9.20. The van der Waals surface area contributed by atoms with Crippen LogP contribution in [0.5, 0.6) is 0 Å². The normalized spacial score (nSPS) is 30.6. The summed E-state index contributed by atoms with van der Waals surface area (Å²) in [6.07, 6.45) is 3.57. The second-order valence-electron chi connectivity index (χ2n) is 5.77. The highest BCUT2D eigenvalue weighted by Gasteiger charge is 2.37. The van der Waals surface area contributed by atoms with Crippen LogP contribution >= 0.6 is 11.8 Å². The van der Waals surface area contributed by atoms with Crippen molar-refractivity contribution in [1.82, 2.24) is 4.90 Å². The van der Waals surface area contributed by atoms with Crippen molar-refractivity contribution in [3.63, 3.8) is 0 Å². The third-order valence-corrected chi connectivity index (χ3v) is 5.24. The first-order chi connectivity index (χ1) is 9.47. The molecule has 1 saturated heterocycles. The average Bonchev–Trinajstić information content (AvgIpc) is 2.78. The van der Waals surface area contributed by atoms with Crippen LogP contribution in [0.15, 0.2) is 0 Å². The molecule has 0 spiro atoms. The van der Waals surface area contributed by atoms with Crippen LogP contribution in [-0.4, -0.2) is 45.3 Å². The summed E-state index contributed by atoms with van der Waals surface area (Å²) in [5.74, 6) is -0.0267. The molecule has 6 heteroatoms. The van der Waals surface area contributed by atoms with E-state index in [-0.39, 0.29) is 28.9 Å². The van der Waals surface area contributed by atoms with Crippen LogP contribution < -0.4 is 0 Å². The molecular formula is C14H21NO4S. The van der Waals surface area contributed by atoms with Gasteiger partial charge in [-0.2, -0.15) is 0 Å². The number of carbonyl (C=O) groups excluding carboxylic acids is 2. The maximum absolute atomic E-state index is 12.1. The van der Waals surface area contributed by atoms with Gasteiger partial charge in [-0.15, -0.1) is 0 Å². The number of likely N-dealkylation sites (tertiary alicyclic amines) is 1. The van der Waals surface area contributed by atoms with E-state index in [0.29, 0.717) is 25.1 Å². The molecule has 1 aliphatic carbocycles. The summed E-state index contributed by atoms with van der Waals surface area (Å²) in [6.45, 7) is 2.22. The Morgan fingerprint density at radius 2 is 2.15 bits per heavy atom. The summed E-state index contributed by atoms with van der Waals surface area (Å²) in [6, 6.07) is 0.0738. The Morgan fingerprint density at radius 1 is 1.40 bits per heavy atom. The lowest BCUT2D eigenvalue weighted by Gasteiger charge is -2.34. The number of rotatable bonds is 4. The van der Waals surface area contributed by atoms with Crippen LogP contribution in [-0.2, 0) is 14.4 Å². The second-order valence-corrected chi connectivity index (χ2v) is 6.97. The molecule has 0 radical (unpaired) electrons. The molecule has 1 N–H and O–H groups in total. The number of carbonyl (C=O) groups is 3. The molecule has 3 atom stereocenters. The van der Waals surface area contributed by atoms with Crippen LogP contribution in [0.3, 0.4) is 0 Å². The minimum absolute atomic E-state index is 0.0738. The Balaban J connectivity index is 1.90. The Morgan fingerprint density at radius 3 is 2.80 bits per heavy atom. The van der Waals surface area contributed by atoms with Gasteiger partial charge < -0.3 is 10.0 Å². The smallest absolute Gasteiger partial charge is 0.306 e. The van der Waals surface area contributed by atoms with E-state index >= 15 is 0 Å². The molecule has 1 saturated carbocycles. The molecule has 20 heavy (non-hydrogen) atoms. The third kappa shape index (κ3) is 3.75. The highest BCUT2D eigenvalue weighted by molar-refractivity contribution is 8.13. The van der Waals surface area contributed by atoms with Crippen molar-refractivity contribution < 1.29 is 19.5 Å². The SMILES string of the molecule is CC(=O)SCC1CC(=O)N(C2CCCC(C(=O)O)C2)C1. The summed E-state index contributed by atoms with van der Waals surface area (Å²) in [5.41, 5.74) is 0. The number of thioether (sulfide) groups is 1. The van der Waals surface area contributed by atoms with E-state index in [0.717, 1.165) is 19.3 Å². The van der Waals surface area contributed by atoms with Crippen molar-refractivity contribution in [3.05, 3.63) is 0 Å². The molecular weight excluding hydrogens is 278 g/mol. The van der Waals surface area contributed by atoms with E-state index in [1.807, 2.05) is 4.90 Å². The predicted octanol–water partition coefficient (Wildman–Crippen LogP) is 1.76. The van der Waals surface area contributed by atoms with Crippen molar-refractivity contribution in [1.29, 1.82) is 0 Å². The van der Waals surface area contributed by atoms with Gasteiger partial charge in [-0.1, -0.05) is 18.2 Å². The fourth-order valence-electron chi connectivity index (χ4n) is 3.18. The molecule has 1 amide bonds. The van der Waals surface area contributed by atoms with Crippen LogP contribution in [0, 0.1) is 11.8 Å². The van der Waals surface area contributed by atoms with Crippen LogP contribution in [0.4, 0.5) is 0 Å². The number of carboxylic acids is 1. The third-order valence-electron chi connectivity index (χ3n) is 4.20. The Hall–Kier alpha value is -1.04. The molecule has 0 bridgehead atoms. The molecule has 0 aromatic carbocycles. The fourth-order valence-corrected chi connectivity index (χ4v) is 3.87. The molecule has 1 heterocycles. The standard InChI is InChI=1S/C14H21NO4S/c1-9(16)20-8-10-5-13(17)15(7-10)12-4-2-3-11(6-12)14(18)19/h10-12H,2-8H2,1H3,(H,18,19). The lowest BCUT2D eigenvalue weighted by atomic mass is 9.85. The zero-order valence-corrected chi connectivity index (χ0v) is 12.5. The van der Waals surface area contributed by atoms with Crippen LogP contribution in [0.1, 0.15) is 39.0 Å². The molecule has 2 rings (SSSR count). The summed E-state index contributed by atoms with van der Waals surface area (Å²) >= 11 is 1.27. The first-order valence-corrected chi connectivity index (χ1v) is 8.11. The summed E-state index contributed by atoms with van der Waals surface area (Å²) in [4.78, 5) is 36.0. The van der Waals surface area contributed by atoms with Crippen molar-refractivity contribution >= 4 is 28.8 Å². The van der Waals surface area contributed by atoms with Gasteiger partial charge in [0.05, 0.1) is 5.92 Å². The van der Waals surface area contributed by atoms with Crippen molar-refractivity contribution in [3.8, 4) is 0 Å². The zero-order chi connectivity index (χ0) is 14.7. The van der Waals surface area contributed by atoms with Gasteiger partial charge in [-0.25, -0.2) is 0 Å². The van der Waals surface area contributed by atoms with Crippen molar-refractivity contribution in [2.75, 3.05) is 12.3 Å². The number of hydrogen-bond donors (Lipinski definition) is 1. The molecule has 2 aliphatic rings. The van der Waals surface area contributed by atoms with Gasteiger partial charge in [0.25, 0.3) is 0 Å². The number of aliphatic carboxylic acids is 1. The number of amides is 1. The van der Waals surface area contributed by atoms with Gasteiger partial charge in [-0.3, -0.25) is 14.4 Å². The minimum Gasteiger partial charge on any atom is -0.481 e. The van der Waals surface area contributed by atoms with Crippen molar-refractivity contribution in [2.45, 2.75) is 45.1 Å². The molecule has 112 valence electrons. The van der Waals surface area contributed by atoms with E-state index in [4.69, 9.17) is 5.11 Å². The maximum Gasteiger partial charge on any atom is 0.306 e. The predicted molar refractivity (Wildman–Crippen MR) is 76.3 cm³/mol. The first kappa shape index (κ1) is 15.4. The Labute approximate surface area is 123 Å². The molecule has 3 unspecified atom stereocenters. The van der Waals surface area contributed by atoms with Gasteiger partial charge in [0.15, 0.2) is 5.12 Å². The van der Waals surface area contributed by atoms with Gasteiger partial charge >= 0.3 is 5.97 Å².